The smallest absolute Gasteiger partial charge is 0.309 e. The number of imidazole rings is 1. The molecule has 3 rings (SSSR count). The fourth-order valence-corrected chi connectivity index (χ4v) is 5.45. The molecule has 1 unspecified atom stereocenters. The summed E-state index contributed by atoms with van der Waals surface area (Å²) in [6.45, 7) is 6.30. The van der Waals surface area contributed by atoms with E-state index in [1.807, 2.05) is 6.92 Å². The predicted molar refractivity (Wildman–Crippen MR) is 105 cm³/mol. The second-order valence-corrected chi connectivity index (χ2v) is 9.48. The second-order valence-electron chi connectivity index (χ2n) is 7.60. The van der Waals surface area contributed by atoms with E-state index in [9.17, 15) is 18.0 Å². The molecule has 1 atom stereocenters. The lowest BCUT2D eigenvalue weighted by Crippen LogP contribution is -2.49. The molecule has 2 fully saturated rings. The molecule has 2 aliphatic heterocycles. The van der Waals surface area contributed by atoms with Gasteiger partial charge in [0, 0.05) is 38.9 Å². The first kappa shape index (κ1) is 21.8. The number of nitrogens with zero attached hydrogens (tertiary/aromatic N) is 4. The van der Waals surface area contributed by atoms with Gasteiger partial charge >= 0.3 is 5.97 Å². The Hall–Kier alpha value is -1.94. The van der Waals surface area contributed by atoms with E-state index in [1.165, 1.54) is 16.8 Å². The van der Waals surface area contributed by atoms with E-state index in [1.54, 1.807) is 16.4 Å². The Bertz CT molecular complexity index is 829. The molecule has 10 heteroatoms. The van der Waals surface area contributed by atoms with Crippen molar-refractivity contribution in [2.45, 2.75) is 51.1 Å². The van der Waals surface area contributed by atoms with Crippen LogP contribution in [0.1, 0.15) is 39.5 Å². The van der Waals surface area contributed by atoms with E-state index in [-0.39, 0.29) is 35.3 Å². The largest absolute Gasteiger partial charge is 0.466 e. The summed E-state index contributed by atoms with van der Waals surface area (Å²) < 4.78 is 34.0. The van der Waals surface area contributed by atoms with Crippen molar-refractivity contribution in [3.63, 3.8) is 0 Å². The number of ether oxygens (including phenoxy) is 1. The minimum absolute atomic E-state index is 0.0219. The van der Waals surface area contributed by atoms with Crippen molar-refractivity contribution < 1.29 is 22.7 Å². The first-order chi connectivity index (χ1) is 13.9. The Morgan fingerprint density at radius 2 is 1.86 bits per heavy atom. The van der Waals surface area contributed by atoms with E-state index in [0.717, 1.165) is 0 Å². The average molecular weight is 427 g/mol. The molecule has 1 aromatic rings. The van der Waals surface area contributed by atoms with Gasteiger partial charge in [-0.3, -0.25) is 9.59 Å². The number of rotatable bonds is 6. The van der Waals surface area contributed by atoms with Gasteiger partial charge < -0.3 is 14.2 Å². The summed E-state index contributed by atoms with van der Waals surface area (Å²) in [4.78, 5) is 30.7. The van der Waals surface area contributed by atoms with Crippen molar-refractivity contribution in [1.82, 2.24) is 18.8 Å². The monoisotopic (exact) mass is 426 g/mol. The quantitative estimate of drug-likeness (QED) is 0.632. The maximum Gasteiger partial charge on any atom is 0.309 e. The third kappa shape index (κ3) is 4.80. The molecular formula is C19H30N4O5S. The van der Waals surface area contributed by atoms with Crippen LogP contribution in [0.4, 0.5) is 0 Å². The fraction of sp³-hybridized carbons (Fsp3) is 0.737. The van der Waals surface area contributed by atoms with Gasteiger partial charge in [-0.05, 0) is 39.5 Å². The molecule has 1 aromatic heterocycles. The Morgan fingerprint density at radius 1 is 1.14 bits per heavy atom. The summed E-state index contributed by atoms with van der Waals surface area (Å²) in [6, 6.07) is 0. The van der Waals surface area contributed by atoms with Crippen LogP contribution >= 0.6 is 0 Å². The predicted octanol–water partition coefficient (Wildman–Crippen LogP) is 1.11. The molecule has 3 heterocycles. The lowest BCUT2D eigenvalue weighted by molar-refractivity contribution is -0.152. The summed E-state index contributed by atoms with van der Waals surface area (Å²) in [5, 5.41) is 0.0303. The second kappa shape index (κ2) is 9.25. The SMILES string of the molecule is CCOC(=O)C1CCN(C(=O)C2CCCN(S(=O)(=O)c3cn(CC)cn3)C2)CC1. The third-order valence-corrected chi connectivity index (χ3v) is 7.49. The normalized spacial score (nSPS) is 21.9. The first-order valence-corrected chi connectivity index (χ1v) is 11.8. The molecule has 2 aliphatic rings. The molecule has 2 saturated heterocycles. The summed E-state index contributed by atoms with van der Waals surface area (Å²) in [6.07, 6.45) is 5.53. The number of piperidine rings is 2. The van der Waals surface area contributed by atoms with E-state index in [4.69, 9.17) is 4.74 Å². The molecule has 162 valence electrons. The van der Waals surface area contributed by atoms with E-state index in [0.29, 0.717) is 58.5 Å². The van der Waals surface area contributed by atoms with Crippen molar-refractivity contribution in [2.75, 3.05) is 32.8 Å². The molecule has 0 aromatic carbocycles. The molecule has 0 radical (unpaired) electrons. The van der Waals surface area contributed by atoms with Gasteiger partial charge in [0.25, 0.3) is 10.0 Å². The van der Waals surface area contributed by atoms with Gasteiger partial charge in [-0.25, -0.2) is 13.4 Å². The van der Waals surface area contributed by atoms with E-state index >= 15 is 0 Å². The molecule has 0 aliphatic carbocycles. The molecule has 29 heavy (non-hydrogen) atoms. The minimum atomic E-state index is -3.71. The third-order valence-electron chi connectivity index (χ3n) is 5.74. The van der Waals surface area contributed by atoms with Gasteiger partial charge in [-0.1, -0.05) is 0 Å². The molecule has 0 saturated carbocycles. The number of amides is 1. The van der Waals surface area contributed by atoms with Crippen LogP contribution in [0.5, 0.6) is 0 Å². The summed E-state index contributed by atoms with van der Waals surface area (Å²) in [5.74, 6) is -0.728. The van der Waals surface area contributed by atoms with Crippen LogP contribution in [0, 0.1) is 11.8 Å². The molecule has 0 N–H and O–H groups in total. The molecule has 1 amide bonds. The number of likely N-dealkylation sites (tertiary alicyclic amines) is 1. The maximum atomic E-state index is 13.0. The Kier molecular flexibility index (Phi) is 6.94. The molecular weight excluding hydrogens is 396 g/mol. The van der Waals surface area contributed by atoms with Crippen molar-refractivity contribution in [2.24, 2.45) is 11.8 Å². The van der Waals surface area contributed by atoms with Crippen molar-refractivity contribution >= 4 is 21.9 Å². The van der Waals surface area contributed by atoms with Crippen molar-refractivity contribution in [1.29, 1.82) is 0 Å². The van der Waals surface area contributed by atoms with Crippen LogP contribution in [0.25, 0.3) is 0 Å². The highest BCUT2D eigenvalue weighted by Crippen LogP contribution is 2.26. The number of hydrogen-bond acceptors (Lipinski definition) is 6. The topological polar surface area (TPSA) is 102 Å². The number of aryl methyl sites for hydroxylation is 1. The van der Waals surface area contributed by atoms with Crippen molar-refractivity contribution in [3.05, 3.63) is 12.5 Å². The van der Waals surface area contributed by atoms with Crippen molar-refractivity contribution in [3.8, 4) is 0 Å². The lowest BCUT2D eigenvalue weighted by atomic mass is 9.93. The van der Waals surface area contributed by atoms with Gasteiger partial charge in [0.05, 0.1) is 24.8 Å². The van der Waals surface area contributed by atoms with E-state index < -0.39 is 10.0 Å². The number of hydrogen-bond donors (Lipinski definition) is 0. The van der Waals surface area contributed by atoms with Crippen LogP contribution in [0.15, 0.2) is 17.6 Å². The van der Waals surface area contributed by atoms with Crippen LogP contribution < -0.4 is 0 Å². The zero-order valence-electron chi connectivity index (χ0n) is 17.1. The van der Waals surface area contributed by atoms with Gasteiger partial charge in [0.1, 0.15) is 0 Å². The zero-order chi connectivity index (χ0) is 21.0. The van der Waals surface area contributed by atoms with Crippen LogP contribution in [0.3, 0.4) is 0 Å². The number of sulfonamides is 1. The Balaban J connectivity index is 1.60. The molecule has 9 nitrogen and oxygen atoms in total. The van der Waals surface area contributed by atoms with Gasteiger partial charge in [-0.2, -0.15) is 4.31 Å². The highest BCUT2D eigenvalue weighted by molar-refractivity contribution is 7.89. The van der Waals surface area contributed by atoms with Crippen LogP contribution in [-0.2, 0) is 30.9 Å². The average Bonchev–Trinajstić information content (AvgIpc) is 3.24. The highest BCUT2D eigenvalue weighted by atomic mass is 32.2. The standard InChI is InChI=1S/C19H30N4O5S/c1-3-21-13-17(20-14-21)29(26,27)23-9-5-6-16(12-23)18(24)22-10-7-15(8-11-22)19(25)28-4-2/h13-16H,3-12H2,1-2H3. The number of carbonyl (C=O) groups is 2. The molecule has 0 bridgehead atoms. The van der Waals surface area contributed by atoms with Gasteiger partial charge in [0.2, 0.25) is 5.91 Å². The fourth-order valence-electron chi connectivity index (χ4n) is 3.99. The van der Waals surface area contributed by atoms with Crippen LogP contribution in [-0.4, -0.2) is 71.8 Å². The Morgan fingerprint density at radius 3 is 2.48 bits per heavy atom. The lowest BCUT2D eigenvalue weighted by Gasteiger charge is -2.36. The zero-order valence-corrected chi connectivity index (χ0v) is 17.9. The van der Waals surface area contributed by atoms with Gasteiger partial charge in [-0.15, -0.1) is 0 Å². The number of aromatic nitrogens is 2. The van der Waals surface area contributed by atoms with Crippen LogP contribution in [0.2, 0.25) is 0 Å². The minimum Gasteiger partial charge on any atom is -0.466 e. The number of esters is 1. The number of carbonyl (C=O) groups excluding carboxylic acids is 2. The Labute approximate surface area is 172 Å². The van der Waals surface area contributed by atoms with E-state index in [2.05, 4.69) is 4.98 Å². The highest BCUT2D eigenvalue weighted by Gasteiger charge is 2.37. The summed E-state index contributed by atoms with van der Waals surface area (Å²) in [5.41, 5.74) is 0. The first-order valence-electron chi connectivity index (χ1n) is 10.3. The summed E-state index contributed by atoms with van der Waals surface area (Å²) in [7, 11) is -3.71. The summed E-state index contributed by atoms with van der Waals surface area (Å²) >= 11 is 0. The van der Waals surface area contributed by atoms with Gasteiger partial charge in [0.15, 0.2) is 5.03 Å². The maximum absolute atomic E-state index is 13.0. The molecule has 0 spiro atoms.